The van der Waals surface area contributed by atoms with Crippen LogP contribution in [0.5, 0.6) is 0 Å². The van der Waals surface area contributed by atoms with Crippen LogP contribution in [0.3, 0.4) is 0 Å². The molecule has 0 aromatic heterocycles. The molecule has 1 aromatic carbocycles. The molecule has 1 aliphatic rings. The normalized spacial score (nSPS) is 26.9. The average Bonchev–Trinajstić information content (AvgIpc) is 2.42. The van der Waals surface area contributed by atoms with Gasteiger partial charge in [-0.05, 0) is 55.9 Å². The number of anilines is 1. The van der Waals surface area contributed by atoms with Crippen molar-refractivity contribution in [1.29, 1.82) is 0 Å². The van der Waals surface area contributed by atoms with Gasteiger partial charge < -0.3 is 11.1 Å². The Balaban J connectivity index is 2.12. The molecule has 0 heterocycles. The first-order valence-corrected chi connectivity index (χ1v) is 6.89. The van der Waals surface area contributed by atoms with Crippen LogP contribution in [-0.4, -0.2) is 11.4 Å². The molecule has 0 atom stereocenters. The lowest BCUT2D eigenvalue weighted by atomic mass is 9.75. The SMILES string of the molecule is CCC1CCC(Nc2ccc(F)cc2)(C(N)=O)CC1. The molecule has 2 rings (SSSR count). The number of nitrogens with two attached hydrogens (primary N) is 1. The van der Waals surface area contributed by atoms with E-state index in [0.717, 1.165) is 37.8 Å². The average molecular weight is 264 g/mol. The van der Waals surface area contributed by atoms with Crippen LogP contribution in [-0.2, 0) is 4.79 Å². The van der Waals surface area contributed by atoms with E-state index < -0.39 is 5.54 Å². The van der Waals surface area contributed by atoms with Gasteiger partial charge in [0.05, 0.1) is 0 Å². The summed E-state index contributed by atoms with van der Waals surface area (Å²) in [5.74, 6) is 0.0854. The van der Waals surface area contributed by atoms with E-state index >= 15 is 0 Å². The Morgan fingerprint density at radius 1 is 1.37 bits per heavy atom. The summed E-state index contributed by atoms with van der Waals surface area (Å²) < 4.78 is 12.9. The fourth-order valence-electron chi connectivity index (χ4n) is 2.82. The van der Waals surface area contributed by atoms with Gasteiger partial charge in [0.2, 0.25) is 5.91 Å². The minimum atomic E-state index is -0.677. The molecule has 1 fully saturated rings. The number of carbonyl (C=O) groups is 1. The first kappa shape index (κ1) is 13.8. The van der Waals surface area contributed by atoms with E-state index in [9.17, 15) is 9.18 Å². The topological polar surface area (TPSA) is 55.1 Å². The van der Waals surface area contributed by atoms with E-state index in [0.29, 0.717) is 5.92 Å². The molecule has 3 nitrogen and oxygen atoms in total. The van der Waals surface area contributed by atoms with Crippen molar-refractivity contribution in [3.63, 3.8) is 0 Å². The highest BCUT2D eigenvalue weighted by Gasteiger charge is 2.39. The molecule has 1 aliphatic carbocycles. The van der Waals surface area contributed by atoms with Gasteiger partial charge in [-0.25, -0.2) is 4.39 Å². The van der Waals surface area contributed by atoms with Gasteiger partial charge in [-0.2, -0.15) is 0 Å². The zero-order valence-electron chi connectivity index (χ0n) is 11.3. The Labute approximate surface area is 113 Å². The van der Waals surface area contributed by atoms with Gasteiger partial charge in [0.1, 0.15) is 11.4 Å². The summed E-state index contributed by atoms with van der Waals surface area (Å²) in [6.45, 7) is 2.18. The molecule has 1 amide bonds. The van der Waals surface area contributed by atoms with Gasteiger partial charge in [-0.1, -0.05) is 13.3 Å². The molecular formula is C15H21FN2O. The minimum Gasteiger partial charge on any atom is -0.371 e. The summed E-state index contributed by atoms with van der Waals surface area (Å²) in [5.41, 5.74) is 5.66. The van der Waals surface area contributed by atoms with Crippen molar-refractivity contribution in [2.75, 3.05) is 5.32 Å². The summed E-state index contributed by atoms with van der Waals surface area (Å²) >= 11 is 0. The van der Waals surface area contributed by atoms with E-state index in [2.05, 4.69) is 12.2 Å². The van der Waals surface area contributed by atoms with Gasteiger partial charge in [-0.3, -0.25) is 4.79 Å². The first-order valence-electron chi connectivity index (χ1n) is 6.89. The predicted octanol–water partition coefficient (Wildman–Crippen LogP) is 3.06. The highest BCUT2D eigenvalue weighted by molar-refractivity contribution is 5.88. The molecule has 1 aromatic rings. The van der Waals surface area contributed by atoms with Crippen molar-refractivity contribution >= 4 is 11.6 Å². The third-order valence-corrected chi connectivity index (χ3v) is 4.24. The van der Waals surface area contributed by atoms with Gasteiger partial charge in [0.15, 0.2) is 0 Å². The quantitative estimate of drug-likeness (QED) is 0.878. The number of nitrogens with one attached hydrogen (secondary N) is 1. The molecule has 0 aliphatic heterocycles. The lowest BCUT2D eigenvalue weighted by molar-refractivity contribution is -0.123. The van der Waals surface area contributed by atoms with Crippen LogP contribution in [0.25, 0.3) is 0 Å². The number of benzene rings is 1. The van der Waals surface area contributed by atoms with Crippen LogP contribution in [0.4, 0.5) is 10.1 Å². The molecule has 0 bridgehead atoms. The molecule has 1 saturated carbocycles. The van der Waals surface area contributed by atoms with Crippen molar-refractivity contribution in [2.24, 2.45) is 11.7 Å². The Kier molecular flexibility index (Phi) is 4.08. The molecule has 0 unspecified atom stereocenters. The zero-order chi connectivity index (χ0) is 13.9. The fourth-order valence-corrected chi connectivity index (χ4v) is 2.82. The summed E-state index contributed by atoms with van der Waals surface area (Å²) in [6, 6.07) is 6.06. The highest BCUT2D eigenvalue weighted by Crippen LogP contribution is 2.36. The zero-order valence-corrected chi connectivity index (χ0v) is 11.3. The van der Waals surface area contributed by atoms with Crippen molar-refractivity contribution in [2.45, 2.75) is 44.6 Å². The standard InChI is InChI=1S/C15H21FN2O/c1-2-11-7-9-15(10-8-11,14(17)19)18-13-5-3-12(16)4-6-13/h3-6,11,18H,2,7-10H2,1H3,(H2,17,19). The molecule has 4 heteroatoms. The van der Waals surface area contributed by atoms with Crippen molar-refractivity contribution in [3.05, 3.63) is 30.1 Å². The van der Waals surface area contributed by atoms with Crippen LogP contribution in [0.2, 0.25) is 0 Å². The number of primary amides is 1. The third-order valence-electron chi connectivity index (χ3n) is 4.24. The molecular weight excluding hydrogens is 243 g/mol. The Morgan fingerprint density at radius 2 is 1.95 bits per heavy atom. The van der Waals surface area contributed by atoms with E-state index in [-0.39, 0.29) is 11.7 Å². The van der Waals surface area contributed by atoms with E-state index in [4.69, 9.17) is 5.73 Å². The fraction of sp³-hybridized carbons (Fsp3) is 0.533. The summed E-state index contributed by atoms with van der Waals surface area (Å²) in [4.78, 5) is 11.8. The molecule has 19 heavy (non-hydrogen) atoms. The second kappa shape index (κ2) is 5.59. The number of halogens is 1. The van der Waals surface area contributed by atoms with Gasteiger partial charge in [-0.15, -0.1) is 0 Å². The van der Waals surface area contributed by atoms with Crippen LogP contribution >= 0.6 is 0 Å². The maximum absolute atomic E-state index is 12.9. The Bertz CT molecular complexity index is 436. The van der Waals surface area contributed by atoms with E-state index in [1.54, 1.807) is 12.1 Å². The maximum Gasteiger partial charge on any atom is 0.243 e. The Morgan fingerprint density at radius 3 is 2.42 bits per heavy atom. The van der Waals surface area contributed by atoms with Gasteiger partial charge in [0.25, 0.3) is 0 Å². The second-order valence-corrected chi connectivity index (χ2v) is 5.43. The van der Waals surface area contributed by atoms with Crippen LogP contribution in [0.1, 0.15) is 39.0 Å². The highest BCUT2D eigenvalue weighted by atomic mass is 19.1. The van der Waals surface area contributed by atoms with Crippen molar-refractivity contribution in [1.82, 2.24) is 0 Å². The van der Waals surface area contributed by atoms with Crippen molar-refractivity contribution < 1.29 is 9.18 Å². The summed E-state index contributed by atoms with van der Waals surface area (Å²) in [7, 11) is 0. The molecule has 3 N–H and O–H groups in total. The van der Waals surface area contributed by atoms with E-state index in [1.165, 1.54) is 12.1 Å². The van der Waals surface area contributed by atoms with Crippen LogP contribution < -0.4 is 11.1 Å². The van der Waals surface area contributed by atoms with Crippen LogP contribution in [0, 0.1) is 11.7 Å². The first-order chi connectivity index (χ1) is 9.05. The monoisotopic (exact) mass is 264 g/mol. The van der Waals surface area contributed by atoms with E-state index in [1.807, 2.05) is 0 Å². The molecule has 0 saturated heterocycles. The van der Waals surface area contributed by atoms with Gasteiger partial charge in [0, 0.05) is 5.69 Å². The number of amides is 1. The predicted molar refractivity (Wildman–Crippen MR) is 74.2 cm³/mol. The number of hydrogen-bond donors (Lipinski definition) is 2. The maximum atomic E-state index is 12.9. The third kappa shape index (κ3) is 3.06. The number of rotatable bonds is 4. The largest absolute Gasteiger partial charge is 0.371 e. The molecule has 0 spiro atoms. The minimum absolute atomic E-state index is 0.284. The van der Waals surface area contributed by atoms with Crippen molar-refractivity contribution in [3.8, 4) is 0 Å². The lowest BCUT2D eigenvalue weighted by Crippen LogP contribution is -2.52. The molecule has 104 valence electrons. The lowest BCUT2D eigenvalue weighted by Gasteiger charge is -2.39. The van der Waals surface area contributed by atoms with Gasteiger partial charge >= 0.3 is 0 Å². The number of carbonyl (C=O) groups excluding carboxylic acids is 1. The smallest absolute Gasteiger partial charge is 0.243 e. The molecule has 0 radical (unpaired) electrons. The Hall–Kier alpha value is -1.58. The summed E-state index contributed by atoms with van der Waals surface area (Å²) in [6.07, 6.45) is 4.66. The summed E-state index contributed by atoms with van der Waals surface area (Å²) in [5, 5.41) is 3.22. The second-order valence-electron chi connectivity index (χ2n) is 5.43. The van der Waals surface area contributed by atoms with Crippen LogP contribution in [0.15, 0.2) is 24.3 Å². The number of hydrogen-bond acceptors (Lipinski definition) is 2.